The molecular formula is C21H23N5O4S. The van der Waals surface area contributed by atoms with E-state index < -0.39 is 11.9 Å². The zero-order chi connectivity index (χ0) is 22.2. The second-order valence-electron chi connectivity index (χ2n) is 6.86. The largest absolute Gasteiger partial charge is 0.461 e. The maximum Gasteiger partial charge on any atom is 0.231 e. The monoisotopic (exact) mass is 441 g/mol. The average Bonchev–Trinajstić information content (AvgIpc) is 3.40. The third kappa shape index (κ3) is 6.29. The fourth-order valence-corrected chi connectivity index (χ4v) is 3.70. The van der Waals surface area contributed by atoms with Crippen LogP contribution in [0.3, 0.4) is 0 Å². The summed E-state index contributed by atoms with van der Waals surface area (Å²) < 4.78 is 7.06. The Hall–Kier alpha value is -3.40. The highest BCUT2D eigenvalue weighted by atomic mass is 32.2. The Bertz CT molecular complexity index is 1030. The maximum atomic E-state index is 12.5. The number of aromatic nitrogens is 3. The number of nitrogens with two attached hydrogens (primary N) is 1. The number of nitrogens with zero attached hydrogens (tertiary/aromatic N) is 3. The zero-order valence-corrected chi connectivity index (χ0v) is 17.8. The molecule has 3 N–H and O–H groups in total. The molecule has 0 aliphatic carbocycles. The molecule has 0 radical (unpaired) electrons. The Balaban J connectivity index is 1.66. The van der Waals surface area contributed by atoms with Gasteiger partial charge in [0.25, 0.3) is 0 Å². The van der Waals surface area contributed by atoms with Crippen molar-refractivity contribution >= 4 is 29.4 Å². The Morgan fingerprint density at radius 2 is 1.94 bits per heavy atom. The van der Waals surface area contributed by atoms with Crippen molar-refractivity contribution in [1.29, 1.82) is 0 Å². The first-order valence-electron chi connectivity index (χ1n) is 9.66. The van der Waals surface area contributed by atoms with E-state index in [9.17, 15) is 14.4 Å². The third-order valence-electron chi connectivity index (χ3n) is 4.48. The summed E-state index contributed by atoms with van der Waals surface area (Å²) in [6.07, 6.45) is 2.02. The van der Waals surface area contributed by atoms with Crippen LogP contribution in [0.5, 0.6) is 0 Å². The van der Waals surface area contributed by atoms with E-state index >= 15 is 0 Å². The fourth-order valence-electron chi connectivity index (χ4n) is 2.92. The number of hydrogen-bond acceptors (Lipinski definition) is 7. The number of amides is 2. The van der Waals surface area contributed by atoms with Gasteiger partial charge in [-0.15, -0.1) is 10.2 Å². The SMILES string of the molecule is CC(=O)C(Cc1ccccc1)NC(=O)CSc1nnc(-c2ccco2)n1CCC(N)=O. The van der Waals surface area contributed by atoms with Crippen LogP contribution in [0.1, 0.15) is 18.9 Å². The van der Waals surface area contributed by atoms with Crippen LogP contribution >= 0.6 is 11.8 Å². The average molecular weight is 442 g/mol. The molecule has 2 heterocycles. The van der Waals surface area contributed by atoms with Crippen molar-refractivity contribution < 1.29 is 18.8 Å². The van der Waals surface area contributed by atoms with E-state index in [4.69, 9.17) is 10.2 Å². The smallest absolute Gasteiger partial charge is 0.231 e. The second-order valence-corrected chi connectivity index (χ2v) is 7.80. The lowest BCUT2D eigenvalue weighted by Gasteiger charge is -2.16. The van der Waals surface area contributed by atoms with Gasteiger partial charge in [0.2, 0.25) is 11.8 Å². The molecule has 2 amide bonds. The van der Waals surface area contributed by atoms with Crippen LogP contribution in [-0.4, -0.2) is 44.2 Å². The van der Waals surface area contributed by atoms with Crippen LogP contribution in [0.25, 0.3) is 11.6 Å². The molecule has 0 spiro atoms. The van der Waals surface area contributed by atoms with Crippen molar-refractivity contribution in [1.82, 2.24) is 20.1 Å². The fraction of sp³-hybridized carbons (Fsp3) is 0.286. The molecule has 9 nitrogen and oxygen atoms in total. The van der Waals surface area contributed by atoms with Gasteiger partial charge in [-0.3, -0.25) is 19.0 Å². The molecular weight excluding hydrogens is 418 g/mol. The number of carbonyl (C=O) groups excluding carboxylic acids is 3. The number of furan rings is 1. The van der Waals surface area contributed by atoms with Crippen molar-refractivity contribution in [3.8, 4) is 11.6 Å². The topological polar surface area (TPSA) is 133 Å². The molecule has 162 valence electrons. The Morgan fingerprint density at radius 3 is 2.58 bits per heavy atom. The van der Waals surface area contributed by atoms with Gasteiger partial charge in [-0.2, -0.15) is 0 Å². The maximum absolute atomic E-state index is 12.5. The van der Waals surface area contributed by atoms with E-state index in [1.165, 1.54) is 13.2 Å². The quantitative estimate of drug-likeness (QED) is 0.434. The number of ketones is 1. The van der Waals surface area contributed by atoms with Gasteiger partial charge in [-0.25, -0.2) is 0 Å². The summed E-state index contributed by atoms with van der Waals surface area (Å²) in [7, 11) is 0. The first-order valence-corrected chi connectivity index (χ1v) is 10.6. The van der Waals surface area contributed by atoms with Crippen molar-refractivity contribution in [3.63, 3.8) is 0 Å². The van der Waals surface area contributed by atoms with E-state index in [-0.39, 0.29) is 30.4 Å². The van der Waals surface area contributed by atoms with E-state index in [0.29, 0.717) is 23.2 Å². The van der Waals surface area contributed by atoms with Gasteiger partial charge < -0.3 is 15.5 Å². The molecule has 1 aromatic carbocycles. The number of thioether (sulfide) groups is 1. The summed E-state index contributed by atoms with van der Waals surface area (Å²) >= 11 is 1.16. The molecule has 0 fully saturated rings. The van der Waals surface area contributed by atoms with Gasteiger partial charge in [0.15, 0.2) is 22.5 Å². The van der Waals surface area contributed by atoms with Crippen LogP contribution in [0.4, 0.5) is 0 Å². The number of hydrogen-bond donors (Lipinski definition) is 2. The summed E-state index contributed by atoms with van der Waals surface area (Å²) in [6.45, 7) is 1.71. The van der Waals surface area contributed by atoms with Crippen LogP contribution in [0, 0.1) is 0 Å². The minimum Gasteiger partial charge on any atom is -0.461 e. The number of primary amides is 1. The Labute approximate surface area is 183 Å². The molecule has 0 aliphatic heterocycles. The van der Waals surface area contributed by atoms with E-state index in [0.717, 1.165) is 17.3 Å². The number of Topliss-reactive ketones (excluding diaryl/α,β-unsaturated/α-hetero) is 1. The van der Waals surface area contributed by atoms with Gasteiger partial charge >= 0.3 is 0 Å². The van der Waals surface area contributed by atoms with E-state index in [1.807, 2.05) is 30.3 Å². The molecule has 0 bridgehead atoms. The van der Waals surface area contributed by atoms with Crippen LogP contribution in [0.2, 0.25) is 0 Å². The van der Waals surface area contributed by atoms with Crippen molar-refractivity contribution in [3.05, 3.63) is 54.3 Å². The van der Waals surface area contributed by atoms with Crippen LogP contribution in [-0.2, 0) is 27.3 Å². The van der Waals surface area contributed by atoms with Crippen molar-refractivity contribution in [2.24, 2.45) is 5.73 Å². The minimum atomic E-state index is -0.609. The van der Waals surface area contributed by atoms with E-state index in [1.54, 1.807) is 16.7 Å². The lowest BCUT2D eigenvalue weighted by atomic mass is 10.0. The predicted octanol–water partition coefficient (Wildman–Crippen LogP) is 1.82. The first-order chi connectivity index (χ1) is 14.9. The van der Waals surface area contributed by atoms with E-state index in [2.05, 4.69) is 15.5 Å². The highest BCUT2D eigenvalue weighted by Gasteiger charge is 2.20. The lowest BCUT2D eigenvalue weighted by molar-refractivity contribution is -0.125. The van der Waals surface area contributed by atoms with Gasteiger partial charge in [-0.05, 0) is 31.0 Å². The molecule has 31 heavy (non-hydrogen) atoms. The molecule has 0 saturated carbocycles. The molecule has 3 rings (SSSR count). The molecule has 3 aromatic rings. The summed E-state index contributed by atoms with van der Waals surface area (Å²) in [4.78, 5) is 35.7. The summed E-state index contributed by atoms with van der Waals surface area (Å²) in [5, 5.41) is 11.5. The molecule has 0 aliphatic rings. The normalized spacial score (nSPS) is 11.8. The Kier molecular flexibility index (Phi) is 7.60. The number of carbonyl (C=O) groups is 3. The summed E-state index contributed by atoms with van der Waals surface area (Å²) in [5.74, 6) is 0.0912. The van der Waals surface area contributed by atoms with Gasteiger partial charge in [0.1, 0.15) is 0 Å². The first kappa shape index (κ1) is 22.3. The number of benzene rings is 1. The lowest BCUT2D eigenvalue weighted by Crippen LogP contribution is -2.42. The standard InChI is InChI=1S/C21H23N5O4S/c1-14(27)16(12-15-6-3-2-4-7-15)23-19(29)13-31-21-25-24-20(17-8-5-11-30-17)26(21)10-9-18(22)28/h2-8,11,16H,9-10,12-13H2,1H3,(H2,22,28)(H,23,29). The minimum absolute atomic E-state index is 0.0332. The highest BCUT2D eigenvalue weighted by Crippen LogP contribution is 2.24. The number of nitrogens with one attached hydrogen (secondary N) is 1. The van der Waals surface area contributed by atoms with Crippen LogP contribution in [0.15, 0.2) is 58.3 Å². The molecule has 10 heteroatoms. The zero-order valence-electron chi connectivity index (χ0n) is 17.0. The van der Waals surface area contributed by atoms with Crippen molar-refractivity contribution in [2.45, 2.75) is 37.5 Å². The van der Waals surface area contributed by atoms with Gasteiger partial charge in [0, 0.05) is 13.0 Å². The Morgan fingerprint density at radius 1 is 1.16 bits per heavy atom. The highest BCUT2D eigenvalue weighted by molar-refractivity contribution is 7.99. The van der Waals surface area contributed by atoms with Crippen LogP contribution < -0.4 is 11.1 Å². The number of rotatable bonds is 11. The molecule has 2 aromatic heterocycles. The molecule has 0 saturated heterocycles. The molecule has 1 unspecified atom stereocenters. The predicted molar refractivity (Wildman–Crippen MR) is 115 cm³/mol. The van der Waals surface area contributed by atoms with Crippen molar-refractivity contribution in [2.75, 3.05) is 5.75 Å². The van der Waals surface area contributed by atoms with Gasteiger partial charge in [-0.1, -0.05) is 42.1 Å². The third-order valence-corrected chi connectivity index (χ3v) is 5.45. The second kappa shape index (κ2) is 10.6. The summed E-state index contributed by atoms with van der Waals surface area (Å²) in [5.41, 5.74) is 6.24. The molecule has 1 atom stereocenters. The summed E-state index contributed by atoms with van der Waals surface area (Å²) in [6, 6.07) is 12.3. The van der Waals surface area contributed by atoms with Gasteiger partial charge in [0.05, 0.1) is 18.1 Å².